The Hall–Kier alpha value is -3.43. The van der Waals surface area contributed by atoms with Crippen LogP contribution in [0, 0.1) is 0 Å². The van der Waals surface area contributed by atoms with Crippen LogP contribution in [0.3, 0.4) is 0 Å². The molecular weight excluding hydrogens is 316 g/mol. The number of rotatable bonds is 2. The number of hydrogen-bond acceptors (Lipinski definition) is 7. The van der Waals surface area contributed by atoms with Gasteiger partial charge >= 0.3 is 6.03 Å². The zero-order chi connectivity index (χ0) is 17.9. The molecular formula is C15H14N4O5. The summed E-state index contributed by atoms with van der Waals surface area (Å²) in [4.78, 5) is 36.3. The van der Waals surface area contributed by atoms with Gasteiger partial charge in [0, 0.05) is 0 Å². The van der Waals surface area contributed by atoms with Gasteiger partial charge in [-0.1, -0.05) is 24.3 Å². The fourth-order valence-corrected chi connectivity index (χ4v) is 1.86. The maximum absolute atomic E-state index is 12.1. The highest BCUT2D eigenvalue weighted by Gasteiger charge is 2.30. The van der Waals surface area contributed by atoms with Crippen molar-refractivity contribution in [2.24, 2.45) is 11.7 Å². The number of phenolic OH excluding ortho intramolecular Hbond substituents is 2. The second-order valence-corrected chi connectivity index (χ2v) is 4.67. The van der Waals surface area contributed by atoms with Gasteiger partial charge in [-0.2, -0.15) is 10.0 Å². The molecule has 0 aliphatic rings. The van der Waals surface area contributed by atoms with Gasteiger partial charge in [-0.25, -0.2) is 16.5 Å². The predicted molar refractivity (Wildman–Crippen MR) is 82.3 cm³/mol. The number of imide groups is 2. The summed E-state index contributed by atoms with van der Waals surface area (Å²) in [6.07, 6.45) is 0. The van der Waals surface area contributed by atoms with Crippen molar-refractivity contribution in [1.82, 2.24) is 10.0 Å². The van der Waals surface area contributed by atoms with Crippen molar-refractivity contribution in [1.29, 1.82) is 0 Å². The average molecular weight is 330 g/mol. The molecule has 0 radical (unpaired) electrons. The Kier molecular flexibility index (Phi) is 4.78. The Balaban J connectivity index is 2.21. The van der Waals surface area contributed by atoms with Crippen molar-refractivity contribution in [3.63, 3.8) is 0 Å². The molecule has 24 heavy (non-hydrogen) atoms. The fraction of sp³-hybridized carbons (Fsp3) is 0. The number of nitrogens with two attached hydrogens (primary N) is 2. The largest absolute Gasteiger partial charge is 0.507 e. The Labute approximate surface area is 136 Å². The van der Waals surface area contributed by atoms with Crippen LogP contribution in [0.2, 0.25) is 0 Å². The maximum atomic E-state index is 12.1. The van der Waals surface area contributed by atoms with Gasteiger partial charge in [-0.05, 0) is 24.3 Å². The number of hydrogen-bond donors (Lipinski definition) is 4. The van der Waals surface area contributed by atoms with Crippen LogP contribution in [0.4, 0.5) is 4.79 Å². The molecule has 0 fully saturated rings. The molecule has 0 aliphatic carbocycles. The van der Waals surface area contributed by atoms with Gasteiger partial charge in [0.2, 0.25) is 0 Å². The van der Waals surface area contributed by atoms with Gasteiger partial charge in [0.05, 0.1) is 11.1 Å². The average Bonchev–Trinajstić information content (AvgIpc) is 2.59. The molecule has 9 heteroatoms. The first-order valence-corrected chi connectivity index (χ1v) is 6.63. The first kappa shape index (κ1) is 16.9. The number of para-hydroxylation sites is 2. The number of phenols is 2. The normalized spacial score (nSPS) is 10.1. The standard InChI is InChI=1S/C15H14N4O5/c16-18(13(22)9-5-1-3-7-11(9)20)15(24)19(17)14(23)10-6-2-4-8-12(10)21/h1-8,20-21H,16-17H2. The Morgan fingerprint density at radius 1 is 0.708 bits per heavy atom. The van der Waals surface area contributed by atoms with Crippen LogP contribution in [0.1, 0.15) is 20.7 Å². The third-order valence-corrected chi connectivity index (χ3v) is 3.12. The molecule has 2 rings (SSSR count). The Morgan fingerprint density at radius 3 is 1.38 bits per heavy atom. The molecule has 0 saturated heterocycles. The van der Waals surface area contributed by atoms with E-state index in [0.29, 0.717) is 0 Å². The van der Waals surface area contributed by atoms with E-state index in [1.807, 2.05) is 0 Å². The van der Waals surface area contributed by atoms with Gasteiger partial charge in [0.25, 0.3) is 11.8 Å². The monoisotopic (exact) mass is 330 g/mol. The molecule has 0 atom stereocenters. The Morgan fingerprint density at radius 2 is 1.04 bits per heavy atom. The summed E-state index contributed by atoms with van der Waals surface area (Å²) < 4.78 is 0. The summed E-state index contributed by atoms with van der Waals surface area (Å²) in [5.41, 5.74) is -0.478. The van der Waals surface area contributed by atoms with E-state index >= 15 is 0 Å². The third kappa shape index (κ3) is 3.16. The lowest BCUT2D eigenvalue weighted by molar-refractivity contribution is 0.0681. The molecule has 6 N–H and O–H groups in total. The smallest absolute Gasteiger partial charge is 0.363 e. The van der Waals surface area contributed by atoms with Crippen molar-refractivity contribution in [3.05, 3.63) is 59.7 Å². The molecule has 2 aromatic rings. The van der Waals surface area contributed by atoms with E-state index in [0.717, 1.165) is 0 Å². The molecule has 0 unspecified atom stereocenters. The van der Waals surface area contributed by atoms with E-state index in [9.17, 15) is 24.6 Å². The van der Waals surface area contributed by atoms with Crippen molar-refractivity contribution in [2.45, 2.75) is 0 Å². The lowest BCUT2D eigenvalue weighted by atomic mass is 10.2. The molecule has 0 aliphatic heterocycles. The number of amides is 4. The number of carbonyl (C=O) groups excluding carboxylic acids is 3. The van der Waals surface area contributed by atoms with E-state index in [2.05, 4.69) is 0 Å². The molecule has 2 aromatic carbocycles. The number of hydrazine groups is 2. The van der Waals surface area contributed by atoms with Crippen LogP contribution in [-0.4, -0.2) is 38.1 Å². The molecule has 9 nitrogen and oxygen atoms in total. The summed E-state index contributed by atoms with van der Waals surface area (Å²) in [5.74, 6) is 7.92. The number of urea groups is 1. The summed E-state index contributed by atoms with van der Waals surface area (Å²) in [7, 11) is 0. The lowest BCUT2D eigenvalue weighted by Gasteiger charge is -2.21. The van der Waals surface area contributed by atoms with Gasteiger partial charge in [0.15, 0.2) is 0 Å². The van der Waals surface area contributed by atoms with Gasteiger partial charge in [-0.3, -0.25) is 9.59 Å². The molecule has 0 heterocycles. The third-order valence-electron chi connectivity index (χ3n) is 3.12. The van der Waals surface area contributed by atoms with Crippen molar-refractivity contribution in [3.8, 4) is 11.5 Å². The summed E-state index contributed by atoms with van der Waals surface area (Å²) in [6, 6.07) is 9.50. The van der Waals surface area contributed by atoms with Crippen molar-refractivity contribution >= 4 is 17.8 Å². The second kappa shape index (κ2) is 6.77. The molecule has 4 amide bonds. The lowest BCUT2D eigenvalue weighted by Crippen LogP contribution is -2.54. The number of nitrogens with zero attached hydrogens (tertiary/aromatic N) is 2. The Bertz CT molecular complexity index is 742. The van der Waals surface area contributed by atoms with Crippen LogP contribution in [-0.2, 0) is 0 Å². The van der Waals surface area contributed by atoms with E-state index in [-0.39, 0.29) is 32.6 Å². The molecule has 0 saturated carbocycles. The zero-order valence-corrected chi connectivity index (χ0v) is 12.3. The zero-order valence-electron chi connectivity index (χ0n) is 12.3. The van der Waals surface area contributed by atoms with Crippen molar-refractivity contribution < 1.29 is 24.6 Å². The summed E-state index contributed by atoms with van der Waals surface area (Å²) >= 11 is 0. The minimum atomic E-state index is -1.34. The van der Waals surface area contributed by atoms with Crippen LogP contribution >= 0.6 is 0 Å². The van der Waals surface area contributed by atoms with Gasteiger partial charge in [0.1, 0.15) is 11.5 Å². The number of aromatic hydroxyl groups is 2. The van der Waals surface area contributed by atoms with Crippen LogP contribution < -0.4 is 11.7 Å². The highest BCUT2D eigenvalue weighted by molar-refractivity contribution is 6.11. The van der Waals surface area contributed by atoms with Gasteiger partial charge < -0.3 is 10.2 Å². The fourth-order valence-electron chi connectivity index (χ4n) is 1.86. The van der Waals surface area contributed by atoms with Crippen LogP contribution in [0.5, 0.6) is 11.5 Å². The number of carbonyl (C=O) groups is 3. The van der Waals surface area contributed by atoms with E-state index in [1.54, 1.807) is 0 Å². The second-order valence-electron chi connectivity index (χ2n) is 4.67. The van der Waals surface area contributed by atoms with Crippen LogP contribution in [0.25, 0.3) is 0 Å². The van der Waals surface area contributed by atoms with Gasteiger partial charge in [-0.15, -0.1) is 0 Å². The first-order valence-electron chi connectivity index (χ1n) is 6.63. The minimum Gasteiger partial charge on any atom is -0.507 e. The molecule has 124 valence electrons. The quantitative estimate of drug-likeness (QED) is 0.356. The molecule has 0 bridgehead atoms. The van der Waals surface area contributed by atoms with Crippen molar-refractivity contribution in [2.75, 3.05) is 0 Å². The summed E-state index contributed by atoms with van der Waals surface area (Å²) in [6.45, 7) is 0. The highest BCUT2D eigenvalue weighted by Crippen LogP contribution is 2.19. The topological polar surface area (TPSA) is 150 Å². The first-order chi connectivity index (χ1) is 11.3. The minimum absolute atomic E-state index is 0.0902. The predicted octanol–water partition coefficient (Wildman–Crippen LogP) is 0.550. The SMILES string of the molecule is NN(C(=O)c1ccccc1O)C(=O)N(N)C(=O)c1ccccc1O. The van der Waals surface area contributed by atoms with E-state index in [4.69, 9.17) is 11.7 Å². The van der Waals surface area contributed by atoms with E-state index in [1.165, 1.54) is 48.5 Å². The highest BCUT2D eigenvalue weighted by atomic mass is 16.3. The maximum Gasteiger partial charge on any atom is 0.363 e. The van der Waals surface area contributed by atoms with Crippen LogP contribution in [0.15, 0.2) is 48.5 Å². The molecule has 0 spiro atoms. The number of benzene rings is 2. The van der Waals surface area contributed by atoms with E-state index < -0.39 is 17.8 Å². The molecule has 0 aromatic heterocycles. The summed E-state index contributed by atoms with van der Waals surface area (Å²) in [5, 5.41) is 19.4.